The number of ether oxygens (including phenoxy) is 2. The van der Waals surface area contributed by atoms with Crippen molar-refractivity contribution < 1.29 is 19.4 Å². The van der Waals surface area contributed by atoms with E-state index in [4.69, 9.17) is 9.47 Å². The van der Waals surface area contributed by atoms with Crippen LogP contribution in [-0.2, 0) is 0 Å². The first-order valence-corrected chi connectivity index (χ1v) is 7.80. The van der Waals surface area contributed by atoms with Crippen LogP contribution in [0.4, 0.5) is 0 Å². The number of fused-ring (bicyclic) bond motifs is 1. The van der Waals surface area contributed by atoms with Crippen LogP contribution in [0.1, 0.15) is 16.1 Å². The van der Waals surface area contributed by atoms with E-state index in [1.54, 1.807) is 24.4 Å². The number of benzene rings is 1. The Morgan fingerprint density at radius 2 is 2.00 bits per heavy atom. The number of carbonyl (C=O) groups is 1. The molecule has 3 rings (SSSR count). The van der Waals surface area contributed by atoms with Crippen molar-refractivity contribution >= 4 is 23.0 Å². The van der Waals surface area contributed by atoms with E-state index in [-0.39, 0.29) is 5.39 Å². The zero-order valence-electron chi connectivity index (χ0n) is 14.5. The number of hydrogen-bond donors (Lipinski definition) is 3. The van der Waals surface area contributed by atoms with Gasteiger partial charge in [-0.05, 0) is 18.2 Å². The van der Waals surface area contributed by atoms with Gasteiger partial charge in [-0.2, -0.15) is 5.10 Å². The minimum Gasteiger partial charge on any atom is -0.506 e. The summed E-state index contributed by atoms with van der Waals surface area (Å²) in [6, 6.07) is 8.16. The third kappa shape index (κ3) is 3.56. The smallest absolute Gasteiger partial charge is 0.280 e. The topological polar surface area (TPSA) is 126 Å². The van der Waals surface area contributed by atoms with E-state index in [2.05, 4.69) is 20.5 Å². The van der Waals surface area contributed by atoms with Gasteiger partial charge in [-0.3, -0.25) is 14.6 Å². The molecule has 0 saturated heterocycles. The summed E-state index contributed by atoms with van der Waals surface area (Å²) in [5.74, 6) is -0.637. The van der Waals surface area contributed by atoms with Crippen molar-refractivity contribution in [1.82, 2.24) is 15.4 Å². The summed E-state index contributed by atoms with van der Waals surface area (Å²) >= 11 is 0. The number of aromatic nitrogens is 2. The molecule has 0 atom stereocenters. The molecular formula is C18H16N4O5. The number of pyridine rings is 2. The van der Waals surface area contributed by atoms with Crippen LogP contribution in [-0.4, -0.2) is 41.4 Å². The molecule has 138 valence electrons. The molecule has 0 unspecified atom stereocenters. The average Bonchev–Trinajstić information content (AvgIpc) is 2.68. The second-order valence-electron chi connectivity index (χ2n) is 5.38. The molecule has 0 fully saturated rings. The van der Waals surface area contributed by atoms with Crippen LogP contribution in [0.3, 0.4) is 0 Å². The lowest BCUT2D eigenvalue weighted by Crippen LogP contribution is -2.26. The van der Waals surface area contributed by atoms with Crippen molar-refractivity contribution in [3.8, 4) is 17.2 Å². The molecule has 9 heteroatoms. The van der Waals surface area contributed by atoms with Crippen LogP contribution in [0.15, 0.2) is 46.4 Å². The van der Waals surface area contributed by atoms with Crippen LogP contribution in [0, 0.1) is 0 Å². The van der Waals surface area contributed by atoms with Gasteiger partial charge in [0.05, 0.1) is 31.6 Å². The Hall–Kier alpha value is -3.88. The lowest BCUT2D eigenvalue weighted by molar-refractivity contribution is 0.0951. The maximum Gasteiger partial charge on any atom is 0.280 e. The molecule has 0 bridgehead atoms. The van der Waals surface area contributed by atoms with Crippen molar-refractivity contribution in [1.29, 1.82) is 0 Å². The summed E-state index contributed by atoms with van der Waals surface area (Å²) in [5, 5.41) is 14.4. The Balaban J connectivity index is 1.97. The van der Waals surface area contributed by atoms with Gasteiger partial charge in [0.1, 0.15) is 11.3 Å². The highest BCUT2D eigenvalue weighted by atomic mass is 16.5. The molecular weight excluding hydrogens is 352 g/mol. The third-order valence-electron chi connectivity index (χ3n) is 3.77. The van der Waals surface area contributed by atoms with Crippen LogP contribution in [0.2, 0.25) is 0 Å². The van der Waals surface area contributed by atoms with Gasteiger partial charge in [0.15, 0.2) is 11.5 Å². The minimum absolute atomic E-state index is 0.228. The second-order valence-corrected chi connectivity index (χ2v) is 5.38. The molecule has 1 amide bonds. The van der Waals surface area contributed by atoms with E-state index in [0.29, 0.717) is 22.7 Å². The maximum absolute atomic E-state index is 12.3. The number of amides is 1. The lowest BCUT2D eigenvalue weighted by atomic mass is 10.1. The summed E-state index contributed by atoms with van der Waals surface area (Å²) in [5.41, 5.74) is 1.78. The van der Waals surface area contributed by atoms with Crippen LogP contribution >= 0.6 is 0 Å². The second kappa shape index (κ2) is 7.56. The monoisotopic (exact) mass is 368 g/mol. The zero-order chi connectivity index (χ0) is 19.4. The predicted molar refractivity (Wildman–Crippen MR) is 98.6 cm³/mol. The third-order valence-corrected chi connectivity index (χ3v) is 3.77. The standard InChI is InChI=1S/C18H16N4O5/c1-26-13-7-11-12(8-14(13)27-2)21-17(24)15(16(11)23)18(25)22-20-9-10-5-3-4-6-19-10/h3-9H,1-2H3,(H,22,25)(H2,21,23,24)/b20-9-. The summed E-state index contributed by atoms with van der Waals surface area (Å²) in [6.45, 7) is 0. The number of hydrogen-bond acceptors (Lipinski definition) is 7. The molecule has 2 heterocycles. The predicted octanol–water partition coefficient (Wildman–Crippen LogP) is 1.41. The number of aromatic amines is 1. The Labute approximate surface area is 153 Å². The highest BCUT2D eigenvalue weighted by Gasteiger charge is 2.20. The molecule has 0 aliphatic carbocycles. The van der Waals surface area contributed by atoms with Gasteiger partial charge in [0, 0.05) is 17.6 Å². The van der Waals surface area contributed by atoms with Gasteiger partial charge < -0.3 is 19.6 Å². The molecule has 3 aromatic rings. The zero-order valence-corrected chi connectivity index (χ0v) is 14.5. The van der Waals surface area contributed by atoms with Crippen LogP contribution in [0.25, 0.3) is 10.9 Å². The fourth-order valence-corrected chi connectivity index (χ4v) is 2.48. The molecule has 0 spiro atoms. The van der Waals surface area contributed by atoms with Gasteiger partial charge in [-0.15, -0.1) is 0 Å². The van der Waals surface area contributed by atoms with Gasteiger partial charge in [0.25, 0.3) is 11.5 Å². The molecule has 3 N–H and O–H groups in total. The number of carbonyl (C=O) groups excluding carboxylic acids is 1. The summed E-state index contributed by atoms with van der Waals surface area (Å²) in [4.78, 5) is 31.1. The molecule has 9 nitrogen and oxygen atoms in total. The Morgan fingerprint density at radius 1 is 1.26 bits per heavy atom. The van der Waals surface area contributed by atoms with E-state index < -0.39 is 22.8 Å². The fraction of sp³-hybridized carbons (Fsp3) is 0.111. The van der Waals surface area contributed by atoms with Crippen molar-refractivity contribution in [2.24, 2.45) is 5.10 Å². The normalized spacial score (nSPS) is 10.9. The van der Waals surface area contributed by atoms with E-state index in [1.165, 1.54) is 32.6 Å². The Bertz CT molecular complexity index is 1080. The molecule has 0 aliphatic heterocycles. The van der Waals surface area contributed by atoms with Crippen molar-refractivity contribution in [3.05, 3.63) is 58.1 Å². The SMILES string of the molecule is COc1cc2[nH]c(=O)c(C(=O)N/N=C\c3ccccn3)c(O)c2cc1OC. The van der Waals surface area contributed by atoms with E-state index in [9.17, 15) is 14.7 Å². The molecule has 2 aromatic heterocycles. The first-order chi connectivity index (χ1) is 13.0. The Kier molecular flexibility index (Phi) is 5.02. The molecule has 27 heavy (non-hydrogen) atoms. The van der Waals surface area contributed by atoms with Gasteiger partial charge in [-0.25, -0.2) is 5.43 Å². The van der Waals surface area contributed by atoms with Crippen molar-refractivity contribution in [2.75, 3.05) is 14.2 Å². The fourth-order valence-electron chi connectivity index (χ4n) is 2.48. The van der Waals surface area contributed by atoms with Crippen LogP contribution in [0.5, 0.6) is 17.2 Å². The molecule has 0 saturated carbocycles. The molecule has 1 aromatic carbocycles. The van der Waals surface area contributed by atoms with E-state index in [1.807, 2.05) is 0 Å². The number of methoxy groups -OCH3 is 2. The highest BCUT2D eigenvalue weighted by molar-refractivity contribution is 6.02. The number of aromatic hydroxyl groups is 1. The van der Waals surface area contributed by atoms with Gasteiger partial charge in [0.2, 0.25) is 0 Å². The van der Waals surface area contributed by atoms with Crippen molar-refractivity contribution in [3.63, 3.8) is 0 Å². The highest BCUT2D eigenvalue weighted by Crippen LogP contribution is 2.35. The molecule has 0 aliphatic rings. The number of nitrogens with one attached hydrogen (secondary N) is 2. The summed E-state index contributed by atoms with van der Waals surface area (Å²) < 4.78 is 10.3. The van der Waals surface area contributed by atoms with Gasteiger partial charge >= 0.3 is 0 Å². The number of H-pyrrole nitrogens is 1. The molecule has 0 radical (unpaired) electrons. The Morgan fingerprint density at radius 3 is 2.67 bits per heavy atom. The number of rotatable bonds is 5. The van der Waals surface area contributed by atoms with Crippen LogP contribution < -0.4 is 20.5 Å². The first kappa shape index (κ1) is 17.9. The van der Waals surface area contributed by atoms with Crippen molar-refractivity contribution in [2.45, 2.75) is 0 Å². The first-order valence-electron chi connectivity index (χ1n) is 7.80. The average molecular weight is 368 g/mol. The minimum atomic E-state index is -0.863. The largest absolute Gasteiger partial charge is 0.506 e. The van der Waals surface area contributed by atoms with E-state index in [0.717, 1.165) is 0 Å². The number of hydrazone groups is 1. The quantitative estimate of drug-likeness (QED) is 0.462. The maximum atomic E-state index is 12.3. The van der Waals surface area contributed by atoms with E-state index >= 15 is 0 Å². The summed E-state index contributed by atoms with van der Waals surface area (Å²) in [7, 11) is 2.88. The van der Waals surface area contributed by atoms with Gasteiger partial charge in [-0.1, -0.05) is 6.07 Å². The lowest BCUT2D eigenvalue weighted by Gasteiger charge is -2.11. The summed E-state index contributed by atoms with van der Waals surface area (Å²) in [6.07, 6.45) is 2.89. The number of nitrogens with zero attached hydrogens (tertiary/aromatic N) is 2.